The fourth-order valence-corrected chi connectivity index (χ4v) is 0.905. The first-order valence-electron chi connectivity index (χ1n) is 7.01. The van der Waals surface area contributed by atoms with Gasteiger partial charge in [0.15, 0.2) is 0 Å². The van der Waals surface area contributed by atoms with E-state index in [1.807, 2.05) is 5.92 Å². The van der Waals surface area contributed by atoms with Crippen LogP contribution in [0.15, 0.2) is 0 Å². The number of hydrogen-bond acceptors (Lipinski definition) is 2. The molecule has 0 saturated heterocycles. The number of carboxylic acids is 2. The van der Waals surface area contributed by atoms with E-state index in [1.54, 1.807) is 0 Å². The van der Waals surface area contributed by atoms with E-state index in [0.29, 0.717) is 0 Å². The molecule has 0 aromatic rings. The van der Waals surface area contributed by atoms with Crippen molar-refractivity contribution in [1.82, 2.24) is 0 Å². The summed E-state index contributed by atoms with van der Waals surface area (Å²) in [7, 11) is 0. The Bertz CT molecular complexity index is 1350. The van der Waals surface area contributed by atoms with Crippen LogP contribution in [-0.4, -0.2) is 22.2 Å². The minimum absolute atomic E-state index is 1.57. The Hall–Kier alpha value is -5.90. The molecule has 0 atom stereocenters. The van der Waals surface area contributed by atoms with E-state index in [-0.39, 0.29) is 0 Å². The molecule has 0 rings (SSSR count). The molecule has 0 aliphatic heterocycles. The van der Waals surface area contributed by atoms with Crippen LogP contribution >= 0.6 is 0 Å². The molecular weight excluding hydrogens is 364 g/mol. The van der Waals surface area contributed by atoms with Gasteiger partial charge in [-0.25, -0.2) is 0 Å². The number of carboxylic acid groups (broad SMARTS) is 2. The molecule has 128 valence electrons. The fraction of sp³-hybridized carbons (Fsp3) is 0.0400. The van der Waals surface area contributed by atoms with Crippen molar-refractivity contribution in [2.75, 3.05) is 0 Å². The van der Waals surface area contributed by atoms with Crippen molar-refractivity contribution in [2.45, 2.75) is 0 Å². The predicted octanol–water partition coefficient (Wildman–Crippen LogP) is -0.561. The Labute approximate surface area is 168 Å². The van der Waals surface area contributed by atoms with Crippen molar-refractivity contribution < 1.29 is 19.8 Å². The van der Waals surface area contributed by atoms with Crippen molar-refractivity contribution in [3.8, 4) is 131 Å². The molecule has 0 aromatic heterocycles. The first-order valence-corrected chi connectivity index (χ1v) is 7.01. The van der Waals surface area contributed by atoms with E-state index in [2.05, 4.69) is 118 Å². The average molecular weight is 368 g/mol. The molecule has 4 nitrogen and oxygen atoms in total. The van der Waals surface area contributed by atoms with Gasteiger partial charge in [-0.3, -0.25) is 9.59 Å². The molecule has 0 aromatic carbocycles. The Balaban J connectivity index is 4.59. The van der Waals surface area contributed by atoms with Crippen molar-refractivity contribution in [1.29, 1.82) is 0 Å². The Morgan fingerprint density at radius 3 is 0.966 bits per heavy atom. The summed E-state index contributed by atoms with van der Waals surface area (Å²) in [6.07, 6.45) is 4.90. The van der Waals surface area contributed by atoms with Gasteiger partial charge in [0.2, 0.25) is 5.92 Å². The van der Waals surface area contributed by atoms with E-state index >= 15 is 0 Å². The van der Waals surface area contributed by atoms with Crippen molar-refractivity contribution in [3.05, 3.63) is 0 Å². The molecule has 0 bridgehead atoms. The second-order valence-corrected chi connectivity index (χ2v) is 3.77. The average Bonchev–Trinajstić information content (AvgIpc) is 2.68. The van der Waals surface area contributed by atoms with Crippen LogP contribution in [0.4, 0.5) is 0 Å². The van der Waals surface area contributed by atoms with Gasteiger partial charge in [-0.1, -0.05) is 5.92 Å². The smallest absolute Gasteiger partial charge is 0.330 e. The van der Waals surface area contributed by atoms with Gasteiger partial charge in [-0.15, -0.1) is 6.42 Å². The van der Waals surface area contributed by atoms with Gasteiger partial charge >= 0.3 is 11.9 Å². The normalized spacial score (nSPS) is 5.38. The molecule has 0 amide bonds. The SMILES string of the molecule is C#CC#CC#CC#CC#CC#CC#CC#CC#CC#CC#CC(C(=O)O)C(=O)O. The zero-order chi connectivity index (χ0) is 21.6. The molecule has 0 radical (unpaired) electrons. The highest BCUT2D eigenvalue weighted by atomic mass is 16.4. The number of carbonyl (C=O) groups is 2. The lowest BCUT2D eigenvalue weighted by molar-refractivity contribution is -0.151. The molecule has 0 aliphatic rings. The maximum absolute atomic E-state index is 10.5. The summed E-state index contributed by atoms with van der Waals surface area (Å²) in [6.45, 7) is 0. The minimum Gasteiger partial charge on any atom is -0.480 e. The van der Waals surface area contributed by atoms with Gasteiger partial charge in [0, 0.05) is 23.7 Å². The molecule has 0 aliphatic carbocycles. The summed E-state index contributed by atoms with van der Waals surface area (Å²) < 4.78 is 0. The summed E-state index contributed by atoms with van der Waals surface area (Å²) >= 11 is 0. The van der Waals surface area contributed by atoms with E-state index in [1.165, 1.54) is 0 Å². The molecule has 0 heterocycles. The van der Waals surface area contributed by atoms with Gasteiger partial charge in [0.05, 0.1) is 0 Å². The van der Waals surface area contributed by atoms with E-state index in [0.717, 1.165) is 0 Å². The quantitative estimate of drug-likeness (QED) is 0.506. The van der Waals surface area contributed by atoms with Crippen molar-refractivity contribution in [3.63, 3.8) is 0 Å². The highest BCUT2D eigenvalue weighted by Crippen LogP contribution is 1.93. The van der Waals surface area contributed by atoms with Crippen LogP contribution in [0.1, 0.15) is 0 Å². The zero-order valence-electron chi connectivity index (χ0n) is 14.4. The van der Waals surface area contributed by atoms with Crippen LogP contribution in [0, 0.1) is 137 Å². The third kappa shape index (κ3) is 15.4. The van der Waals surface area contributed by atoms with Crippen LogP contribution in [0.2, 0.25) is 0 Å². The van der Waals surface area contributed by atoms with Crippen molar-refractivity contribution >= 4 is 11.9 Å². The monoisotopic (exact) mass is 368 g/mol. The Morgan fingerprint density at radius 2 is 0.724 bits per heavy atom. The van der Waals surface area contributed by atoms with E-state index in [9.17, 15) is 9.59 Å². The van der Waals surface area contributed by atoms with Gasteiger partial charge in [-0.05, 0) is 94.7 Å². The standard InChI is InChI=1S/C25H4O4/c1-2-3-4-5-6-7-8-9-10-11-12-13-14-15-16-17-18-19-20-21-22-23(24(26)27)25(28)29/h1,23H,(H,26,27)(H,28,29). The lowest BCUT2D eigenvalue weighted by atomic mass is 10.1. The second kappa shape index (κ2) is 16.9. The maximum Gasteiger partial charge on any atom is 0.330 e. The maximum atomic E-state index is 10.5. The molecular formula is C25H4O4. The lowest BCUT2D eigenvalue weighted by Crippen LogP contribution is -2.21. The van der Waals surface area contributed by atoms with Gasteiger partial charge in [0.25, 0.3) is 0 Å². The van der Waals surface area contributed by atoms with Gasteiger partial charge in [0.1, 0.15) is 0 Å². The number of hydrogen-bond donors (Lipinski definition) is 2. The van der Waals surface area contributed by atoms with Crippen LogP contribution < -0.4 is 0 Å². The zero-order valence-corrected chi connectivity index (χ0v) is 14.4. The predicted molar refractivity (Wildman–Crippen MR) is 105 cm³/mol. The number of terminal acetylenes is 1. The van der Waals surface area contributed by atoms with Gasteiger partial charge < -0.3 is 10.2 Å². The molecule has 0 spiro atoms. The summed E-state index contributed by atoms with van der Waals surface area (Å²) in [4.78, 5) is 21.1. The number of rotatable bonds is 2. The van der Waals surface area contributed by atoms with E-state index < -0.39 is 17.9 Å². The topological polar surface area (TPSA) is 74.6 Å². The third-order valence-corrected chi connectivity index (χ3v) is 1.91. The molecule has 29 heavy (non-hydrogen) atoms. The first kappa shape index (κ1) is 23.1. The largest absolute Gasteiger partial charge is 0.480 e. The van der Waals surface area contributed by atoms with Gasteiger partial charge in [-0.2, -0.15) is 0 Å². The van der Waals surface area contributed by atoms with E-state index in [4.69, 9.17) is 16.6 Å². The third-order valence-electron chi connectivity index (χ3n) is 1.91. The summed E-state index contributed by atoms with van der Waals surface area (Å²) in [5, 5.41) is 17.2. The lowest BCUT2D eigenvalue weighted by Gasteiger charge is -1.94. The van der Waals surface area contributed by atoms with Crippen LogP contribution in [0.25, 0.3) is 0 Å². The van der Waals surface area contributed by atoms with Crippen molar-refractivity contribution in [2.24, 2.45) is 5.92 Å². The molecule has 0 saturated carbocycles. The van der Waals surface area contributed by atoms with Crippen LogP contribution in [0.3, 0.4) is 0 Å². The highest BCUT2D eigenvalue weighted by Gasteiger charge is 2.22. The fourth-order valence-electron chi connectivity index (χ4n) is 0.905. The number of aliphatic carboxylic acids is 2. The molecule has 4 heteroatoms. The summed E-state index contributed by atoms with van der Waals surface area (Å²) in [6, 6.07) is 0. The van der Waals surface area contributed by atoms with Crippen LogP contribution in [0.5, 0.6) is 0 Å². The molecule has 0 fully saturated rings. The second-order valence-electron chi connectivity index (χ2n) is 3.77. The molecule has 0 unspecified atom stereocenters. The molecule has 2 N–H and O–H groups in total. The summed E-state index contributed by atoms with van der Waals surface area (Å²) in [5.41, 5.74) is 0. The Kier molecular flexibility index (Phi) is 13.5. The summed E-state index contributed by atoms with van der Waals surface area (Å²) in [5.74, 6) is 44.0. The van der Waals surface area contributed by atoms with Crippen LogP contribution in [-0.2, 0) is 9.59 Å². The highest BCUT2D eigenvalue weighted by molar-refractivity contribution is 5.96. The minimum atomic E-state index is -1.84. The first-order chi connectivity index (χ1) is 14.1. The Morgan fingerprint density at radius 1 is 0.483 bits per heavy atom.